The predicted octanol–water partition coefficient (Wildman–Crippen LogP) is 4.10. The summed E-state index contributed by atoms with van der Waals surface area (Å²) in [4.78, 5) is 10.9. The lowest BCUT2D eigenvalue weighted by atomic mass is 10.1. The first-order chi connectivity index (χ1) is 9.51. The largest absolute Gasteiger partial charge is 0.495 e. The summed E-state index contributed by atoms with van der Waals surface area (Å²) < 4.78 is 5.09. The second-order valence-corrected chi connectivity index (χ2v) is 4.72. The standard InChI is InChI=1S/C15H14ClNO3/c1-9-7-10(15(18)19)3-5-13(9)17-11-4-6-14(20-2)12(16)8-11/h3-8,17H,1-2H3,(H,18,19). The number of methoxy groups -OCH3 is 1. The summed E-state index contributed by atoms with van der Waals surface area (Å²) in [6.45, 7) is 1.85. The molecule has 0 fully saturated rings. The fraction of sp³-hybridized carbons (Fsp3) is 0.133. The lowest BCUT2D eigenvalue weighted by molar-refractivity contribution is 0.0697. The molecule has 0 heterocycles. The normalized spacial score (nSPS) is 10.2. The highest BCUT2D eigenvalue weighted by Crippen LogP contribution is 2.29. The molecule has 2 N–H and O–H groups in total. The smallest absolute Gasteiger partial charge is 0.335 e. The molecule has 0 saturated heterocycles. The van der Waals surface area contributed by atoms with Gasteiger partial charge in [0.05, 0.1) is 17.7 Å². The average molecular weight is 292 g/mol. The van der Waals surface area contributed by atoms with Gasteiger partial charge in [-0.1, -0.05) is 11.6 Å². The van der Waals surface area contributed by atoms with Crippen LogP contribution in [0.1, 0.15) is 15.9 Å². The van der Waals surface area contributed by atoms with Gasteiger partial charge in [-0.25, -0.2) is 4.79 Å². The minimum atomic E-state index is -0.938. The number of nitrogens with one attached hydrogen (secondary N) is 1. The van der Waals surface area contributed by atoms with Crippen molar-refractivity contribution >= 4 is 28.9 Å². The van der Waals surface area contributed by atoms with E-state index in [1.807, 2.05) is 13.0 Å². The van der Waals surface area contributed by atoms with E-state index in [1.165, 1.54) is 0 Å². The van der Waals surface area contributed by atoms with Crippen LogP contribution in [-0.2, 0) is 0 Å². The molecule has 0 bridgehead atoms. The van der Waals surface area contributed by atoms with Gasteiger partial charge in [-0.2, -0.15) is 0 Å². The zero-order valence-corrected chi connectivity index (χ0v) is 11.9. The maximum Gasteiger partial charge on any atom is 0.335 e. The molecular weight excluding hydrogens is 278 g/mol. The first kappa shape index (κ1) is 14.2. The van der Waals surface area contributed by atoms with Gasteiger partial charge in [-0.05, 0) is 48.9 Å². The first-order valence-corrected chi connectivity index (χ1v) is 6.33. The summed E-state index contributed by atoms with van der Waals surface area (Å²) in [6.07, 6.45) is 0. The van der Waals surface area contributed by atoms with Crippen LogP contribution in [0.2, 0.25) is 5.02 Å². The molecule has 2 rings (SSSR count). The van der Waals surface area contributed by atoms with E-state index in [1.54, 1.807) is 37.4 Å². The summed E-state index contributed by atoms with van der Waals surface area (Å²) in [7, 11) is 1.56. The second-order valence-electron chi connectivity index (χ2n) is 4.31. The van der Waals surface area contributed by atoms with Gasteiger partial charge < -0.3 is 15.2 Å². The Morgan fingerprint density at radius 3 is 2.55 bits per heavy atom. The highest BCUT2D eigenvalue weighted by atomic mass is 35.5. The highest BCUT2D eigenvalue weighted by molar-refractivity contribution is 6.32. The molecule has 0 aliphatic carbocycles. The molecule has 0 aliphatic rings. The number of anilines is 2. The summed E-state index contributed by atoms with van der Waals surface area (Å²) in [5.74, 6) is -0.331. The van der Waals surface area contributed by atoms with Crippen molar-refractivity contribution < 1.29 is 14.6 Å². The van der Waals surface area contributed by atoms with Crippen LogP contribution in [-0.4, -0.2) is 18.2 Å². The van der Waals surface area contributed by atoms with Crippen molar-refractivity contribution in [3.05, 3.63) is 52.5 Å². The van der Waals surface area contributed by atoms with Crippen LogP contribution in [0.15, 0.2) is 36.4 Å². The topological polar surface area (TPSA) is 58.6 Å². The van der Waals surface area contributed by atoms with E-state index in [2.05, 4.69) is 5.32 Å². The molecule has 104 valence electrons. The van der Waals surface area contributed by atoms with Crippen molar-refractivity contribution in [1.82, 2.24) is 0 Å². The molecule has 2 aromatic rings. The van der Waals surface area contributed by atoms with Crippen LogP contribution < -0.4 is 10.1 Å². The number of rotatable bonds is 4. The molecule has 20 heavy (non-hydrogen) atoms. The van der Waals surface area contributed by atoms with Crippen molar-refractivity contribution in [2.75, 3.05) is 12.4 Å². The van der Waals surface area contributed by atoms with E-state index in [-0.39, 0.29) is 5.56 Å². The lowest BCUT2D eigenvalue weighted by Gasteiger charge is -2.11. The third-order valence-corrected chi connectivity index (χ3v) is 3.20. The quantitative estimate of drug-likeness (QED) is 0.890. The molecule has 5 heteroatoms. The molecule has 0 aromatic heterocycles. The van der Waals surface area contributed by atoms with E-state index in [4.69, 9.17) is 21.4 Å². The SMILES string of the molecule is COc1ccc(Nc2ccc(C(=O)O)cc2C)cc1Cl. The van der Waals surface area contributed by atoms with E-state index in [9.17, 15) is 4.79 Å². The number of carboxylic acid groups (broad SMARTS) is 1. The Bertz CT molecular complexity index is 656. The molecule has 4 nitrogen and oxygen atoms in total. The molecule has 0 aliphatic heterocycles. The predicted molar refractivity (Wildman–Crippen MR) is 79.4 cm³/mol. The number of aryl methyl sites for hydroxylation is 1. The van der Waals surface area contributed by atoms with Crippen molar-refractivity contribution in [1.29, 1.82) is 0 Å². The van der Waals surface area contributed by atoms with Crippen molar-refractivity contribution in [3.8, 4) is 5.75 Å². The van der Waals surface area contributed by atoms with Gasteiger partial charge in [-0.15, -0.1) is 0 Å². The number of carbonyl (C=O) groups is 1. The van der Waals surface area contributed by atoms with Crippen molar-refractivity contribution in [2.24, 2.45) is 0 Å². The summed E-state index contributed by atoms with van der Waals surface area (Å²) >= 11 is 6.06. The molecule has 0 amide bonds. The van der Waals surface area contributed by atoms with Gasteiger partial charge in [0, 0.05) is 11.4 Å². The van der Waals surface area contributed by atoms with E-state index >= 15 is 0 Å². The molecular formula is C15H14ClNO3. The van der Waals surface area contributed by atoms with Gasteiger partial charge in [0.1, 0.15) is 5.75 Å². The maximum absolute atomic E-state index is 10.9. The van der Waals surface area contributed by atoms with Crippen LogP contribution in [0, 0.1) is 6.92 Å². The summed E-state index contributed by atoms with van der Waals surface area (Å²) in [6, 6.07) is 10.3. The molecule has 2 aromatic carbocycles. The Morgan fingerprint density at radius 1 is 1.25 bits per heavy atom. The van der Waals surface area contributed by atoms with Gasteiger partial charge in [-0.3, -0.25) is 0 Å². The third kappa shape index (κ3) is 3.03. The van der Waals surface area contributed by atoms with Crippen molar-refractivity contribution in [2.45, 2.75) is 6.92 Å². The molecule has 0 spiro atoms. The molecule has 0 saturated carbocycles. The summed E-state index contributed by atoms with van der Waals surface area (Å²) in [5, 5.41) is 12.6. The monoisotopic (exact) mass is 291 g/mol. The van der Waals surface area contributed by atoms with E-state index in [0.717, 1.165) is 16.9 Å². The molecule has 0 atom stereocenters. The summed E-state index contributed by atoms with van der Waals surface area (Å²) in [5.41, 5.74) is 2.75. The molecule has 0 unspecified atom stereocenters. The van der Waals surface area contributed by atoms with Gasteiger partial charge >= 0.3 is 5.97 Å². The fourth-order valence-electron chi connectivity index (χ4n) is 1.84. The number of hydrogen-bond donors (Lipinski definition) is 2. The third-order valence-electron chi connectivity index (χ3n) is 2.90. The van der Waals surface area contributed by atoms with Gasteiger partial charge in [0.15, 0.2) is 0 Å². The number of benzene rings is 2. The maximum atomic E-state index is 10.9. The van der Waals surface area contributed by atoms with Gasteiger partial charge in [0.2, 0.25) is 0 Å². The fourth-order valence-corrected chi connectivity index (χ4v) is 2.09. The van der Waals surface area contributed by atoms with E-state index < -0.39 is 5.97 Å². The van der Waals surface area contributed by atoms with Crippen LogP contribution in [0.25, 0.3) is 0 Å². The Morgan fingerprint density at radius 2 is 2.00 bits per heavy atom. The zero-order chi connectivity index (χ0) is 14.7. The number of aromatic carboxylic acids is 1. The zero-order valence-electron chi connectivity index (χ0n) is 11.1. The number of ether oxygens (including phenoxy) is 1. The number of carboxylic acids is 1. The Hall–Kier alpha value is -2.20. The van der Waals surface area contributed by atoms with E-state index in [0.29, 0.717) is 10.8 Å². The Labute approximate surface area is 122 Å². The lowest BCUT2D eigenvalue weighted by Crippen LogP contribution is -1.99. The minimum absolute atomic E-state index is 0.265. The Balaban J connectivity index is 2.26. The molecule has 0 radical (unpaired) electrons. The van der Waals surface area contributed by atoms with Crippen LogP contribution in [0.4, 0.5) is 11.4 Å². The number of hydrogen-bond acceptors (Lipinski definition) is 3. The minimum Gasteiger partial charge on any atom is -0.495 e. The highest BCUT2D eigenvalue weighted by Gasteiger charge is 2.07. The number of halogens is 1. The van der Waals surface area contributed by atoms with Crippen molar-refractivity contribution in [3.63, 3.8) is 0 Å². The van der Waals surface area contributed by atoms with Crippen LogP contribution in [0.5, 0.6) is 5.75 Å². The Kier molecular flexibility index (Phi) is 4.15. The second kappa shape index (κ2) is 5.84. The van der Waals surface area contributed by atoms with Crippen LogP contribution in [0.3, 0.4) is 0 Å². The average Bonchev–Trinajstić information content (AvgIpc) is 2.41. The van der Waals surface area contributed by atoms with Gasteiger partial charge in [0.25, 0.3) is 0 Å². The first-order valence-electron chi connectivity index (χ1n) is 5.96. The van der Waals surface area contributed by atoms with Crippen LogP contribution >= 0.6 is 11.6 Å².